The van der Waals surface area contributed by atoms with E-state index in [-0.39, 0.29) is 11.7 Å². The van der Waals surface area contributed by atoms with Crippen molar-refractivity contribution in [2.24, 2.45) is 0 Å². The van der Waals surface area contributed by atoms with E-state index >= 15 is 0 Å². The van der Waals surface area contributed by atoms with Crippen molar-refractivity contribution >= 4 is 17.3 Å². The quantitative estimate of drug-likeness (QED) is 0.270. The number of phenols is 1. The van der Waals surface area contributed by atoms with Crippen LogP contribution in [0.15, 0.2) is 79.6 Å². The molecule has 37 heavy (non-hydrogen) atoms. The lowest BCUT2D eigenvalue weighted by Crippen LogP contribution is -2.13. The molecular formula is C30H36N4O3. The minimum atomic E-state index is -0.133. The summed E-state index contributed by atoms with van der Waals surface area (Å²) in [5, 5.41) is 11.9. The van der Waals surface area contributed by atoms with Crippen LogP contribution in [0.5, 0.6) is 5.75 Å². The first-order valence-electron chi connectivity index (χ1n) is 12.0. The van der Waals surface area contributed by atoms with Gasteiger partial charge in [0.05, 0.1) is 11.9 Å². The van der Waals surface area contributed by atoms with E-state index in [2.05, 4.69) is 33.8 Å². The van der Waals surface area contributed by atoms with Gasteiger partial charge >= 0.3 is 0 Å². The molecule has 0 bridgehead atoms. The molecule has 4 rings (SSSR count). The van der Waals surface area contributed by atoms with Gasteiger partial charge in [0.1, 0.15) is 17.4 Å². The predicted octanol–water partition coefficient (Wildman–Crippen LogP) is 6.81. The molecule has 0 fully saturated rings. The second-order valence-electron chi connectivity index (χ2n) is 8.43. The van der Waals surface area contributed by atoms with E-state index in [9.17, 15) is 4.79 Å². The lowest BCUT2D eigenvalue weighted by Gasteiger charge is -2.06. The van der Waals surface area contributed by atoms with Crippen molar-refractivity contribution in [2.45, 2.75) is 34.1 Å². The smallest absolute Gasteiger partial charge is 0.256 e. The Labute approximate surface area is 219 Å². The highest BCUT2D eigenvalue weighted by molar-refractivity contribution is 6.03. The van der Waals surface area contributed by atoms with E-state index < -0.39 is 0 Å². The Bertz CT molecular complexity index is 1260. The SMILES string of the molecule is C=C(C)c1cnc(-c2ccc(O)cc2)[nH]1.CCCOC.Cc1ccc(C(=O)Nc2ccccn2)cc1C. The summed E-state index contributed by atoms with van der Waals surface area (Å²) in [6, 6.07) is 18.0. The third kappa shape index (κ3) is 9.74. The van der Waals surface area contributed by atoms with Gasteiger partial charge in [0.25, 0.3) is 5.91 Å². The van der Waals surface area contributed by atoms with Gasteiger partial charge in [0.2, 0.25) is 0 Å². The number of nitrogens with zero attached hydrogens (tertiary/aromatic N) is 2. The molecule has 4 aromatic rings. The van der Waals surface area contributed by atoms with Crippen molar-refractivity contribution in [1.82, 2.24) is 15.0 Å². The number of aromatic nitrogens is 3. The van der Waals surface area contributed by atoms with Crippen LogP contribution in [0.1, 0.15) is 47.4 Å². The number of aromatic amines is 1. The van der Waals surface area contributed by atoms with Gasteiger partial charge in [-0.05, 0) is 92.4 Å². The molecule has 3 N–H and O–H groups in total. The zero-order chi connectivity index (χ0) is 27.2. The van der Waals surface area contributed by atoms with Crippen molar-refractivity contribution < 1.29 is 14.6 Å². The molecule has 7 heteroatoms. The Balaban J connectivity index is 0.000000222. The molecule has 0 aliphatic carbocycles. The van der Waals surface area contributed by atoms with Crippen molar-refractivity contribution in [3.8, 4) is 17.1 Å². The number of pyridine rings is 1. The number of aromatic hydroxyl groups is 1. The highest BCUT2D eigenvalue weighted by atomic mass is 16.5. The molecule has 2 aromatic carbocycles. The molecule has 194 valence electrons. The monoisotopic (exact) mass is 500 g/mol. The number of rotatable bonds is 6. The first kappa shape index (κ1) is 29.0. The molecule has 2 aromatic heterocycles. The molecule has 0 aliphatic heterocycles. The van der Waals surface area contributed by atoms with Crippen LogP contribution in [-0.2, 0) is 4.74 Å². The normalized spacial score (nSPS) is 9.86. The highest BCUT2D eigenvalue weighted by Crippen LogP contribution is 2.20. The molecule has 0 saturated heterocycles. The number of anilines is 1. The molecule has 1 amide bonds. The molecule has 0 unspecified atom stereocenters. The number of hydrogen-bond acceptors (Lipinski definition) is 5. The van der Waals surface area contributed by atoms with Gasteiger partial charge in [-0.15, -0.1) is 0 Å². The van der Waals surface area contributed by atoms with Crippen LogP contribution in [0.3, 0.4) is 0 Å². The zero-order valence-corrected chi connectivity index (χ0v) is 22.2. The number of hydrogen-bond donors (Lipinski definition) is 3. The molecule has 2 heterocycles. The van der Waals surface area contributed by atoms with E-state index in [1.807, 2.05) is 63.2 Å². The van der Waals surface area contributed by atoms with Gasteiger partial charge < -0.3 is 20.1 Å². The summed E-state index contributed by atoms with van der Waals surface area (Å²) in [5.41, 5.74) is 5.77. The average Bonchev–Trinajstić information content (AvgIpc) is 3.39. The first-order chi connectivity index (χ1) is 17.7. The molecular weight excluding hydrogens is 464 g/mol. The van der Waals surface area contributed by atoms with Crippen LogP contribution in [0.2, 0.25) is 0 Å². The maximum absolute atomic E-state index is 11.9. The Morgan fingerprint density at radius 2 is 1.78 bits per heavy atom. The summed E-state index contributed by atoms with van der Waals surface area (Å²) in [5.74, 6) is 1.47. The summed E-state index contributed by atoms with van der Waals surface area (Å²) in [6.07, 6.45) is 4.52. The number of ether oxygens (including phenoxy) is 1. The number of imidazole rings is 1. The number of H-pyrrole nitrogens is 1. The Kier molecular flexibility index (Phi) is 11.8. The molecule has 7 nitrogen and oxygen atoms in total. The second-order valence-corrected chi connectivity index (χ2v) is 8.43. The molecule has 0 aliphatic rings. The number of benzene rings is 2. The van der Waals surface area contributed by atoms with Gasteiger partial charge in [-0.3, -0.25) is 4.79 Å². The number of amides is 1. The first-order valence-corrected chi connectivity index (χ1v) is 12.0. The molecule has 0 saturated carbocycles. The minimum Gasteiger partial charge on any atom is -0.508 e. The lowest BCUT2D eigenvalue weighted by atomic mass is 10.1. The maximum Gasteiger partial charge on any atom is 0.256 e. The highest BCUT2D eigenvalue weighted by Gasteiger charge is 2.07. The lowest BCUT2D eigenvalue weighted by molar-refractivity contribution is 0.102. The number of allylic oxidation sites excluding steroid dienone is 1. The van der Waals surface area contributed by atoms with Crippen LogP contribution in [0.4, 0.5) is 5.82 Å². The van der Waals surface area contributed by atoms with Gasteiger partial charge in [-0.1, -0.05) is 25.6 Å². The Hall–Kier alpha value is -4.23. The van der Waals surface area contributed by atoms with Crippen molar-refractivity contribution in [2.75, 3.05) is 19.0 Å². The van der Waals surface area contributed by atoms with Crippen molar-refractivity contribution in [3.05, 3.63) is 102 Å². The van der Waals surface area contributed by atoms with E-state index in [0.717, 1.165) is 41.2 Å². The third-order valence-electron chi connectivity index (χ3n) is 5.26. The van der Waals surface area contributed by atoms with Crippen LogP contribution in [0, 0.1) is 13.8 Å². The summed E-state index contributed by atoms with van der Waals surface area (Å²) < 4.78 is 4.69. The van der Waals surface area contributed by atoms with E-state index in [1.54, 1.807) is 37.7 Å². The molecule has 0 atom stereocenters. The predicted molar refractivity (Wildman–Crippen MR) is 151 cm³/mol. The van der Waals surface area contributed by atoms with Crippen molar-refractivity contribution in [1.29, 1.82) is 0 Å². The summed E-state index contributed by atoms with van der Waals surface area (Å²) >= 11 is 0. The van der Waals surface area contributed by atoms with Crippen LogP contribution < -0.4 is 5.32 Å². The Morgan fingerprint density at radius 1 is 1.05 bits per heavy atom. The summed E-state index contributed by atoms with van der Waals surface area (Å²) in [4.78, 5) is 23.4. The van der Waals surface area contributed by atoms with Crippen LogP contribution in [0.25, 0.3) is 17.0 Å². The standard InChI is InChI=1S/C14H14N2O.C12H12N2O.C4H10O/c1-10-6-7-12(9-11(10)2)14(17)16-13-5-3-4-8-15-13;1-8(2)11-7-13-12(14-11)9-3-5-10(15)6-4-9;1-3-4-5-2/h3-9H,1-2H3,(H,15,16,17);3-7,15H,1H2,2H3,(H,13,14);3-4H2,1-2H3. The van der Waals surface area contributed by atoms with Gasteiger partial charge in [-0.2, -0.15) is 0 Å². The zero-order valence-electron chi connectivity index (χ0n) is 22.2. The number of methoxy groups -OCH3 is 1. The van der Waals surface area contributed by atoms with E-state index in [1.165, 1.54) is 5.56 Å². The van der Waals surface area contributed by atoms with Crippen molar-refractivity contribution in [3.63, 3.8) is 0 Å². The van der Waals surface area contributed by atoms with Crippen LogP contribution in [-0.4, -0.2) is 39.7 Å². The topological polar surface area (TPSA) is 100 Å². The second kappa shape index (κ2) is 15.0. The third-order valence-corrected chi connectivity index (χ3v) is 5.26. The number of carbonyl (C=O) groups is 1. The van der Waals surface area contributed by atoms with Gasteiger partial charge in [0, 0.05) is 31.0 Å². The minimum absolute atomic E-state index is 0.133. The van der Waals surface area contributed by atoms with Crippen LogP contribution >= 0.6 is 0 Å². The fourth-order valence-electron chi connectivity index (χ4n) is 3.02. The van der Waals surface area contributed by atoms with Gasteiger partial charge in [-0.25, -0.2) is 9.97 Å². The largest absolute Gasteiger partial charge is 0.508 e. The number of aryl methyl sites for hydroxylation is 2. The molecule has 0 radical (unpaired) electrons. The van der Waals surface area contributed by atoms with E-state index in [0.29, 0.717) is 11.4 Å². The van der Waals surface area contributed by atoms with Gasteiger partial charge in [0.15, 0.2) is 0 Å². The fourth-order valence-corrected chi connectivity index (χ4v) is 3.02. The maximum atomic E-state index is 11.9. The average molecular weight is 501 g/mol. The molecule has 0 spiro atoms. The number of nitrogens with one attached hydrogen (secondary N) is 2. The Morgan fingerprint density at radius 3 is 2.30 bits per heavy atom. The number of phenolic OH excluding ortho intramolecular Hbond substituents is 1. The number of carbonyl (C=O) groups excluding carboxylic acids is 1. The summed E-state index contributed by atoms with van der Waals surface area (Å²) in [6.45, 7) is 12.8. The fraction of sp³-hybridized carbons (Fsp3) is 0.233. The van der Waals surface area contributed by atoms with E-state index in [4.69, 9.17) is 9.84 Å². The summed E-state index contributed by atoms with van der Waals surface area (Å²) in [7, 11) is 1.71.